The number of rotatable bonds is 7. The van der Waals surface area contributed by atoms with Crippen LogP contribution in [0.2, 0.25) is 0 Å². The molecular formula is C21H24O8S2. The van der Waals surface area contributed by atoms with Crippen molar-refractivity contribution < 1.29 is 35.2 Å². The van der Waals surface area contributed by atoms with Gasteiger partial charge in [-0.05, 0) is 45.0 Å². The first-order valence-corrected chi connectivity index (χ1v) is 12.7. The topological polar surface area (TPSA) is 108 Å². The molecule has 0 N–H and O–H groups in total. The van der Waals surface area contributed by atoms with Crippen molar-refractivity contribution in [1.29, 1.82) is 0 Å². The molecule has 0 unspecified atom stereocenters. The summed E-state index contributed by atoms with van der Waals surface area (Å²) in [5, 5.41) is 0. The monoisotopic (exact) mass is 468 g/mol. The van der Waals surface area contributed by atoms with E-state index < -0.39 is 49.5 Å². The van der Waals surface area contributed by atoms with Crippen LogP contribution in [0.1, 0.15) is 19.4 Å². The normalized spacial score (nSPS) is 27.8. The van der Waals surface area contributed by atoms with E-state index >= 15 is 0 Å². The fourth-order valence-corrected chi connectivity index (χ4v) is 6.04. The van der Waals surface area contributed by atoms with Gasteiger partial charge in [-0.2, -0.15) is 8.42 Å². The van der Waals surface area contributed by atoms with Crippen LogP contribution in [0.3, 0.4) is 0 Å². The van der Waals surface area contributed by atoms with Crippen molar-refractivity contribution in [2.45, 2.75) is 60.1 Å². The maximum absolute atomic E-state index is 12.8. The maximum atomic E-state index is 12.8. The van der Waals surface area contributed by atoms with Gasteiger partial charge in [0.1, 0.15) is 18.3 Å². The maximum Gasteiger partial charge on any atom is 0.297 e. The second kappa shape index (κ2) is 7.95. The van der Waals surface area contributed by atoms with Crippen molar-refractivity contribution in [3.63, 3.8) is 0 Å². The van der Waals surface area contributed by atoms with E-state index in [1.807, 2.05) is 6.92 Å². The number of aryl methyl sites for hydroxylation is 1. The Bertz CT molecular complexity index is 1140. The van der Waals surface area contributed by atoms with Gasteiger partial charge >= 0.3 is 0 Å². The first-order valence-electron chi connectivity index (χ1n) is 9.76. The predicted octanol–water partition coefficient (Wildman–Crippen LogP) is 2.42. The van der Waals surface area contributed by atoms with E-state index in [0.717, 1.165) is 5.56 Å². The molecule has 10 heteroatoms. The molecule has 2 aromatic rings. The van der Waals surface area contributed by atoms with Gasteiger partial charge in [0, 0.05) is 0 Å². The van der Waals surface area contributed by atoms with E-state index in [4.69, 9.17) is 18.4 Å². The summed E-state index contributed by atoms with van der Waals surface area (Å²) in [6, 6.07) is 14.3. The molecular weight excluding hydrogens is 444 g/mol. The molecule has 2 saturated heterocycles. The minimum atomic E-state index is -4.01. The summed E-state index contributed by atoms with van der Waals surface area (Å²) >= 11 is 0. The van der Waals surface area contributed by atoms with Crippen LogP contribution in [-0.2, 0) is 38.3 Å². The van der Waals surface area contributed by atoms with Gasteiger partial charge in [-0.25, -0.2) is 8.42 Å². The minimum absolute atomic E-state index is 0.0278. The highest BCUT2D eigenvalue weighted by atomic mass is 32.2. The average Bonchev–Trinajstić information content (AvgIpc) is 3.46. The Morgan fingerprint density at radius 2 is 1.52 bits per heavy atom. The second-order valence-corrected chi connectivity index (χ2v) is 11.7. The summed E-state index contributed by atoms with van der Waals surface area (Å²) in [6.45, 7) is 4.85. The third kappa shape index (κ3) is 4.69. The summed E-state index contributed by atoms with van der Waals surface area (Å²) in [5.74, 6) is -1.04. The van der Waals surface area contributed by atoms with Gasteiger partial charge in [0.2, 0.25) is 9.84 Å². The third-order valence-electron chi connectivity index (χ3n) is 5.10. The summed E-state index contributed by atoms with van der Waals surface area (Å²) in [5.41, 5.74) is -0.168. The van der Waals surface area contributed by atoms with E-state index in [-0.39, 0.29) is 16.4 Å². The molecule has 0 aliphatic carbocycles. The number of benzene rings is 2. The van der Waals surface area contributed by atoms with Gasteiger partial charge in [-0.15, -0.1) is 0 Å². The summed E-state index contributed by atoms with van der Waals surface area (Å²) in [6.07, 6.45) is -2.41. The molecule has 168 valence electrons. The molecule has 0 radical (unpaired) electrons. The number of ether oxygens (including phenoxy) is 3. The molecule has 0 aromatic heterocycles. The minimum Gasteiger partial charge on any atom is -0.349 e. The van der Waals surface area contributed by atoms with Crippen molar-refractivity contribution in [3.05, 3.63) is 60.2 Å². The number of hydrogen-bond donors (Lipinski definition) is 0. The molecule has 0 saturated carbocycles. The predicted molar refractivity (Wildman–Crippen MR) is 110 cm³/mol. The van der Waals surface area contributed by atoms with Gasteiger partial charge in [0.05, 0.1) is 16.4 Å². The van der Waals surface area contributed by atoms with Gasteiger partial charge in [0.15, 0.2) is 11.2 Å². The molecule has 4 atom stereocenters. The van der Waals surface area contributed by atoms with Crippen LogP contribution in [-0.4, -0.2) is 53.0 Å². The van der Waals surface area contributed by atoms with Crippen LogP contribution in [0.25, 0.3) is 0 Å². The van der Waals surface area contributed by atoms with Crippen LogP contribution in [0.15, 0.2) is 64.4 Å². The van der Waals surface area contributed by atoms with Crippen LogP contribution >= 0.6 is 0 Å². The van der Waals surface area contributed by atoms with E-state index in [2.05, 4.69) is 0 Å². The summed E-state index contributed by atoms with van der Waals surface area (Å²) in [7, 11) is -7.73. The lowest BCUT2D eigenvalue weighted by atomic mass is 10.1. The molecule has 2 aromatic carbocycles. The Balaban J connectivity index is 1.47. The van der Waals surface area contributed by atoms with Gasteiger partial charge in [0.25, 0.3) is 10.1 Å². The lowest BCUT2D eigenvalue weighted by Crippen LogP contribution is -2.35. The zero-order valence-corrected chi connectivity index (χ0v) is 18.9. The van der Waals surface area contributed by atoms with Crippen molar-refractivity contribution in [3.8, 4) is 0 Å². The summed E-state index contributed by atoms with van der Waals surface area (Å²) in [4.78, 5) is 0.176. The molecule has 8 nitrogen and oxygen atoms in total. The van der Waals surface area contributed by atoms with E-state index in [1.165, 1.54) is 24.3 Å². The molecule has 4 rings (SSSR count). The average molecular weight is 469 g/mol. The van der Waals surface area contributed by atoms with Gasteiger partial charge in [-0.3, -0.25) is 4.18 Å². The lowest BCUT2D eigenvalue weighted by molar-refractivity contribution is -0.149. The summed E-state index contributed by atoms with van der Waals surface area (Å²) < 4.78 is 73.0. The highest BCUT2D eigenvalue weighted by molar-refractivity contribution is 7.92. The zero-order valence-electron chi connectivity index (χ0n) is 17.3. The zero-order chi connectivity index (χ0) is 22.4. The van der Waals surface area contributed by atoms with Crippen molar-refractivity contribution in [2.75, 3.05) is 6.61 Å². The molecule has 0 amide bonds. The van der Waals surface area contributed by atoms with Crippen molar-refractivity contribution >= 4 is 20.0 Å². The Morgan fingerprint density at radius 3 is 2.16 bits per heavy atom. The second-order valence-electron chi connectivity index (χ2n) is 8.02. The van der Waals surface area contributed by atoms with E-state index in [9.17, 15) is 16.8 Å². The standard InChI is InChI=1S/C21H24O8S2/c1-14-9-11-16(12-10-14)31(24,25)26-13-17-18(29-21(2,3)28-17)19-20(27-19)30(22,23)15-7-5-4-6-8-15/h4-12,17-20H,13H2,1-3H3/t17-,18-,19+,20-/m1/s1. The quantitative estimate of drug-likeness (QED) is 0.450. The Kier molecular flexibility index (Phi) is 5.74. The largest absolute Gasteiger partial charge is 0.349 e. The molecule has 2 aliphatic rings. The first-order chi connectivity index (χ1) is 14.5. The SMILES string of the molecule is Cc1ccc(S(=O)(=O)OC[C@H]2OC(C)(C)O[C@H]2[C@@H]2O[C@@H]2S(=O)(=O)c2ccccc2)cc1. The highest BCUT2D eigenvalue weighted by Crippen LogP contribution is 2.42. The van der Waals surface area contributed by atoms with Crippen LogP contribution in [0, 0.1) is 6.92 Å². The number of epoxide rings is 1. The number of hydrogen-bond acceptors (Lipinski definition) is 8. The Hall–Kier alpha value is -1.82. The van der Waals surface area contributed by atoms with Crippen LogP contribution in [0.5, 0.6) is 0 Å². The molecule has 2 aliphatic heterocycles. The Morgan fingerprint density at radius 1 is 0.871 bits per heavy atom. The van der Waals surface area contributed by atoms with Crippen LogP contribution < -0.4 is 0 Å². The molecule has 0 spiro atoms. The van der Waals surface area contributed by atoms with Gasteiger partial charge < -0.3 is 14.2 Å². The van der Waals surface area contributed by atoms with Gasteiger partial charge in [-0.1, -0.05) is 35.9 Å². The third-order valence-corrected chi connectivity index (χ3v) is 8.32. The molecule has 0 bridgehead atoms. The lowest BCUT2D eigenvalue weighted by Gasteiger charge is -2.16. The van der Waals surface area contributed by atoms with Crippen LogP contribution in [0.4, 0.5) is 0 Å². The smallest absolute Gasteiger partial charge is 0.297 e. The molecule has 31 heavy (non-hydrogen) atoms. The van der Waals surface area contributed by atoms with Crippen molar-refractivity contribution in [1.82, 2.24) is 0 Å². The highest BCUT2D eigenvalue weighted by Gasteiger charge is 2.60. The fourth-order valence-electron chi connectivity index (χ4n) is 3.54. The van der Waals surface area contributed by atoms with Crippen molar-refractivity contribution in [2.24, 2.45) is 0 Å². The molecule has 2 heterocycles. The van der Waals surface area contributed by atoms with E-state index in [0.29, 0.717) is 0 Å². The fraction of sp³-hybridized carbons (Fsp3) is 0.429. The Labute approximate surface area is 182 Å². The number of sulfone groups is 1. The van der Waals surface area contributed by atoms with E-state index in [1.54, 1.807) is 44.2 Å². The first kappa shape index (κ1) is 22.4. The molecule has 2 fully saturated rings.